The van der Waals surface area contributed by atoms with E-state index >= 15 is 0 Å². The van der Waals surface area contributed by atoms with E-state index in [0.717, 1.165) is 16.9 Å². The van der Waals surface area contributed by atoms with Gasteiger partial charge in [0.1, 0.15) is 5.88 Å². The Morgan fingerprint density at radius 3 is 2.25 bits per heavy atom. The van der Waals surface area contributed by atoms with E-state index in [0.29, 0.717) is 0 Å². The van der Waals surface area contributed by atoms with E-state index in [9.17, 15) is 0 Å². The van der Waals surface area contributed by atoms with E-state index in [1.54, 1.807) is 0 Å². The summed E-state index contributed by atoms with van der Waals surface area (Å²) in [6, 6.07) is 0. The first-order valence-electron chi connectivity index (χ1n) is 2.66. The second kappa shape index (κ2) is 3.15. The van der Waals surface area contributed by atoms with Crippen LogP contribution in [0.3, 0.4) is 0 Å². The van der Waals surface area contributed by atoms with E-state index in [2.05, 4.69) is 33.3 Å². The fraction of sp³-hybridized carbons (Fsp3) is 0.667. The van der Waals surface area contributed by atoms with Crippen molar-refractivity contribution in [2.24, 2.45) is 0 Å². The maximum absolute atomic E-state index is 4.16. The van der Waals surface area contributed by atoms with E-state index in [4.69, 9.17) is 0 Å². The molecule has 0 spiro atoms. The van der Waals surface area contributed by atoms with Crippen LogP contribution in [-0.4, -0.2) is 31.0 Å². The van der Waals surface area contributed by atoms with Gasteiger partial charge in [-0.05, 0) is 6.08 Å². The van der Waals surface area contributed by atoms with Crippen LogP contribution in [0, 0.1) is 0 Å². The summed E-state index contributed by atoms with van der Waals surface area (Å²) in [5, 5.41) is 0. The molecule has 0 aromatic rings. The van der Waals surface area contributed by atoms with Crippen LogP contribution in [0.5, 0.6) is 0 Å². The summed E-state index contributed by atoms with van der Waals surface area (Å²) in [5.41, 5.74) is 0. The fourth-order valence-electron chi connectivity index (χ4n) is 0.407. The molecule has 8 heavy (non-hydrogen) atoms. The molecule has 0 heterocycles. The molecule has 0 fully saturated rings. The summed E-state index contributed by atoms with van der Waals surface area (Å²) in [5.74, 6) is 0.867. The molecule has 1 nitrogen and oxygen atoms in total. The summed E-state index contributed by atoms with van der Waals surface area (Å²) in [6.45, 7) is 4.63. The lowest BCUT2D eigenvalue weighted by Gasteiger charge is -2.25. The van der Waals surface area contributed by atoms with Crippen LogP contribution in [0.1, 0.15) is 0 Å². The Labute approximate surface area is 57.0 Å². The molecule has 0 unspecified atom stereocenters. The Morgan fingerprint density at radius 2 is 2.12 bits per heavy atom. The highest BCUT2D eigenvalue weighted by Crippen LogP contribution is 1.96. The zero-order chi connectivity index (χ0) is 6.62. The molecule has 0 N–H and O–H groups in total. The maximum Gasteiger partial charge on any atom is 0.122 e. The van der Waals surface area contributed by atoms with Crippen LogP contribution in [0.25, 0.3) is 0 Å². The Morgan fingerprint density at radius 1 is 1.62 bits per heavy atom. The Balaban J connectivity index is 3.53. The van der Waals surface area contributed by atoms with Crippen molar-refractivity contribution in [3.63, 3.8) is 0 Å². The van der Waals surface area contributed by atoms with Crippen LogP contribution >= 0.6 is 12.6 Å². The van der Waals surface area contributed by atoms with Crippen LogP contribution in [0.15, 0.2) is 12.7 Å². The molecule has 0 aromatic carbocycles. The van der Waals surface area contributed by atoms with Crippen molar-refractivity contribution in [2.75, 3.05) is 26.5 Å². The quantitative estimate of drug-likeness (QED) is 0.253. The van der Waals surface area contributed by atoms with Gasteiger partial charge < -0.3 is 4.48 Å². The lowest BCUT2D eigenvalue weighted by Crippen LogP contribution is -2.37. The van der Waals surface area contributed by atoms with E-state index in [1.807, 2.05) is 6.08 Å². The first-order chi connectivity index (χ1) is 3.62. The molecule has 0 bridgehead atoms. The molecule has 0 radical (unpaired) electrons. The van der Waals surface area contributed by atoms with Crippen molar-refractivity contribution < 1.29 is 4.48 Å². The molecule has 0 saturated heterocycles. The van der Waals surface area contributed by atoms with Crippen LogP contribution in [0.4, 0.5) is 0 Å². The minimum atomic E-state index is 0.867. The van der Waals surface area contributed by atoms with E-state index < -0.39 is 0 Å². The normalized spacial score (nSPS) is 11.4. The van der Waals surface area contributed by atoms with Crippen molar-refractivity contribution >= 4 is 12.6 Å². The molecule has 48 valence electrons. The highest BCUT2D eigenvalue weighted by atomic mass is 32.1. The summed E-state index contributed by atoms with van der Waals surface area (Å²) in [4.78, 5) is 0. The number of thiol groups is 1. The Hall–Kier alpha value is 0.0500. The Kier molecular flexibility index (Phi) is 3.17. The molecule has 0 aliphatic rings. The molecule has 0 atom stereocenters. The van der Waals surface area contributed by atoms with Crippen LogP contribution in [-0.2, 0) is 0 Å². The minimum absolute atomic E-state index is 0.867. The Bertz CT molecular complexity index is 78.6. The predicted molar refractivity (Wildman–Crippen MR) is 41.0 cm³/mol. The standard InChI is InChI=1S/C6H13NS/c1-4-5-7(2,3)6-8/h4H,1,5-6H2,2-3H3/p+1. The number of hydrogen-bond acceptors (Lipinski definition) is 1. The maximum atomic E-state index is 4.16. The SMILES string of the molecule is C=CC[N+](C)(C)CS. The van der Waals surface area contributed by atoms with Gasteiger partial charge in [-0.15, -0.1) is 12.6 Å². The van der Waals surface area contributed by atoms with E-state index in [-0.39, 0.29) is 0 Å². The number of nitrogens with zero attached hydrogens (tertiary/aromatic N) is 1. The van der Waals surface area contributed by atoms with Gasteiger partial charge >= 0.3 is 0 Å². The lowest BCUT2D eigenvalue weighted by atomic mass is 10.5. The number of likely N-dealkylation sites (N-methyl/N-ethyl adjacent to an activating group) is 1. The van der Waals surface area contributed by atoms with Gasteiger partial charge in [-0.25, -0.2) is 0 Å². The van der Waals surface area contributed by atoms with E-state index in [1.165, 1.54) is 0 Å². The second-order valence-electron chi connectivity index (χ2n) is 2.55. The molecular weight excluding hydrogens is 118 g/mol. The third-order valence-corrected chi connectivity index (χ3v) is 1.77. The molecule has 0 saturated carbocycles. The third kappa shape index (κ3) is 3.10. The summed E-state index contributed by atoms with van der Waals surface area (Å²) >= 11 is 4.16. The number of hydrogen-bond donors (Lipinski definition) is 1. The van der Waals surface area contributed by atoms with Crippen molar-refractivity contribution in [3.05, 3.63) is 12.7 Å². The smallest absolute Gasteiger partial charge is 0.122 e. The summed E-state index contributed by atoms with van der Waals surface area (Å²) in [7, 11) is 4.24. The van der Waals surface area contributed by atoms with Gasteiger partial charge in [0, 0.05) is 0 Å². The van der Waals surface area contributed by atoms with Crippen molar-refractivity contribution in [1.29, 1.82) is 0 Å². The lowest BCUT2D eigenvalue weighted by molar-refractivity contribution is -0.871. The fourth-order valence-corrected chi connectivity index (χ4v) is 0.523. The number of quaternary nitrogens is 1. The molecule has 0 aromatic heterocycles. The first kappa shape index (κ1) is 8.05. The first-order valence-corrected chi connectivity index (χ1v) is 3.29. The topological polar surface area (TPSA) is 0 Å². The predicted octanol–water partition coefficient (Wildman–Crippen LogP) is 1.14. The number of rotatable bonds is 3. The van der Waals surface area contributed by atoms with Gasteiger partial charge in [-0.3, -0.25) is 0 Å². The van der Waals surface area contributed by atoms with Gasteiger partial charge in [0.15, 0.2) is 0 Å². The molecule has 0 aliphatic carbocycles. The van der Waals surface area contributed by atoms with Crippen LogP contribution < -0.4 is 0 Å². The average molecular weight is 132 g/mol. The highest BCUT2D eigenvalue weighted by molar-refractivity contribution is 7.80. The van der Waals surface area contributed by atoms with Crippen molar-refractivity contribution in [3.8, 4) is 0 Å². The molecule has 2 heteroatoms. The monoisotopic (exact) mass is 132 g/mol. The van der Waals surface area contributed by atoms with Gasteiger partial charge in [-0.2, -0.15) is 0 Å². The summed E-state index contributed by atoms with van der Waals surface area (Å²) < 4.78 is 0.909. The zero-order valence-corrected chi connectivity index (χ0v) is 6.49. The molecule has 0 amide bonds. The largest absolute Gasteiger partial charge is 0.317 e. The minimum Gasteiger partial charge on any atom is -0.317 e. The zero-order valence-electron chi connectivity index (χ0n) is 5.59. The highest BCUT2D eigenvalue weighted by Gasteiger charge is 2.07. The van der Waals surface area contributed by atoms with Gasteiger partial charge in [-0.1, -0.05) is 6.58 Å². The molecular formula is C6H14NS+. The molecule has 0 rings (SSSR count). The van der Waals surface area contributed by atoms with Crippen molar-refractivity contribution in [1.82, 2.24) is 0 Å². The van der Waals surface area contributed by atoms with Gasteiger partial charge in [0.05, 0.1) is 20.6 Å². The molecule has 0 aliphatic heterocycles. The van der Waals surface area contributed by atoms with Gasteiger partial charge in [0.2, 0.25) is 0 Å². The van der Waals surface area contributed by atoms with Crippen LogP contribution in [0.2, 0.25) is 0 Å². The van der Waals surface area contributed by atoms with Crippen molar-refractivity contribution in [2.45, 2.75) is 0 Å². The summed E-state index contributed by atoms with van der Waals surface area (Å²) in [6.07, 6.45) is 1.91. The second-order valence-corrected chi connectivity index (χ2v) is 2.83. The average Bonchev–Trinajstić information content (AvgIpc) is 1.67. The van der Waals surface area contributed by atoms with Gasteiger partial charge in [0.25, 0.3) is 0 Å². The third-order valence-electron chi connectivity index (χ3n) is 1.01.